The maximum Gasteiger partial charge on any atom is 0.229 e. The molecule has 0 bridgehead atoms. The molecule has 7 heteroatoms. The number of carbonyl (C=O) groups excluding carboxylic acids is 1. The summed E-state index contributed by atoms with van der Waals surface area (Å²) in [5, 5.41) is 8.01. The Kier molecular flexibility index (Phi) is 5.36. The van der Waals surface area contributed by atoms with Gasteiger partial charge in [-0.2, -0.15) is 9.61 Å². The van der Waals surface area contributed by atoms with Crippen LogP contribution in [0.5, 0.6) is 0 Å². The van der Waals surface area contributed by atoms with Crippen molar-refractivity contribution in [2.24, 2.45) is 5.92 Å². The van der Waals surface area contributed by atoms with Gasteiger partial charge in [-0.15, -0.1) is 0 Å². The first-order valence-electron chi connectivity index (χ1n) is 11.3. The molecule has 2 aromatic heterocycles. The fourth-order valence-electron chi connectivity index (χ4n) is 5.00. The third-order valence-corrected chi connectivity index (χ3v) is 6.70. The van der Waals surface area contributed by atoms with Crippen LogP contribution in [0.15, 0.2) is 42.6 Å². The summed E-state index contributed by atoms with van der Waals surface area (Å²) in [6.45, 7) is 5.50. The molecular formula is C24H30N6O. The summed E-state index contributed by atoms with van der Waals surface area (Å²) >= 11 is 0. The molecule has 162 valence electrons. The highest BCUT2D eigenvalue weighted by atomic mass is 16.2. The van der Waals surface area contributed by atoms with E-state index in [9.17, 15) is 4.79 Å². The number of carbonyl (C=O) groups is 1. The second-order valence-corrected chi connectivity index (χ2v) is 8.60. The molecule has 1 amide bonds. The molecule has 0 aliphatic carbocycles. The lowest BCUT2D eigenvalue weighted by Gasteiger charge is -2.43. The van der Waals surface area contributed by atoms with Gasteiger partial charge in [0.2, 0.25) is 5.91 Å². The van der Waals surface area contributed by atoms with E-state index in [2.05, 4.69) is 34.4 Å². The number of rotatable bonds is 5. The van der Waals surface area contributed by atoms with Crippen molar-refractivity contribution in [3.05, 3.63) is 59.4 Å². The third kappa shape index (κ3) is 3.57. The zero-order valence-corrected chi connectivity index (χ0v) is 18.3. The van der Waals surface area contributed by atoms with Gasteiger partial charge in [-0.25, -0.2) is 4.98 Å². The molecule has 5 rings (SSSR count). The molecule has 4 heterocycles. The van der Waals surface area contributed by atoms with E-state index in [0.717, 1.165) is 62.6 Å². The van der Waals surface area contributed by atoms with Crippen LogP contribution in [0.25, 0.3) is 5.65 Å². The monoisotopic (exact) mass is 418 g/mol. The average molecular weight is 419 g/mol. The quantitative estimate of drug-likeness (QED) is 0.690. The van der Waals surface area contributed by atoms with E-state index in [4.69, 9.17) is 4.98 Å². The van der Waals surface area contributed by atoms with Gasteiger partial charge < -0.3 is 15.1 Å². The van der Waals surface area contributed by atoms with E-state index < -0.39 is 0 Å². The molecule has 3 aromatic rings. The molecule has 1 aromatic carbocycles. The molecule has 1 saturated heterocycles. The van der Waals surface area contributed by atoms with Crippen LogP contribution < -0.4 is 10.2 Å². The van der Waals surface area contributed by atoms with E-state index in [1.165, 1.54) is 11.1 Å². The van der Waals surface area contributed by atoms with Gasteiger partial charge in [0.05, 0.1) is 23.9 Å². The highest BCUT2D eigenvalue weighted by Gasteiger charge is 2.38. The fourth-order valence-corrected chi connectivity index (χ4v) is 5.00. The summed E-state index contributed by atoms with van der Waals surface area (Å²) in [7, 11) is 1.95. The Morgan fingerprint density at radius 3 is 2.74 bits per heavy atom. The summed E-state index contributed by atoms with van der Waals surface area (Å²) in [6.07, 6.45) is 4.58. The second kappa shape index (κ2) is 8.30. The predicted molar refractivity (Wildman–Crippen MR) is 121 cm³/mol. The summed E-state index contributed by atoms with van der Waals surface area (Å²) < 4.78 is 1.95. The van der Waals surface area contributed by atoms with E-state index in [1.807, 2.05) is 46.9 Å². The van der Waals surface area contributed by atoms with Crippen molar-refractivity contribution in [1.82, 2.24) is 24.8 Å². The minimum atomic E-state index is 0.0149. The Morgan fingerprint density at radius 2 is 1.97 bits per heavy atom. The predicted octanol–water partition coefficient (Wildman–Crippen LogP) is 2.46. The minimum absolute atomic E-state index is 0.0149. The van der Waals surface area contributed by atoms with Gasteiger partial charge >= 0.3 is 0 Å². The van der Waals surface area contributed by atoms with Gasteiger partial charge in [0.25, 0.3) is 0 Å². The van der Waals surface area contributed by atoms with Crippen LogP contribution in [0.4, 0.5) is 5.82 Å². The lowest BCUT2D eigenvalue weighted by molar-refractivity contribution is -0.137. The van der Waals surface area contributed by atoms with Crippen molar-refractivity contribution in [2.75, 3.05) is 38.1 Å². The van der Waals surface area contributed by atoms with Crippen molar-refractivity contribution in [2.45, 2.75) is 32.2 Å². The lowest BCUT2D eigenvalue weighted by Crippen LogP contribution is -2.55. The van der Waals surface area contributed by atoms with E-state index in [-0.39, 0.29) is 17.9 Å². The first-order chi connectivity index (χ1) is 15.2. The van der Waals surface area contributed by atoms with Gasteiger partial charge in [0, 0.05) is 44.7 Å². The first-order valence-corrected chi connectivity index (χ1v) is 11.3. The number of fused-ring (bicyclic) bond motifs is 2. The summed E-state index contributed by atoms with van der Waals surface area (Å²) in [4.78, 5) is 22.4. The fraction of sp³-hybridized carbons (Fsp3) is 0.458. The molecule has 2 aliphatic heterocycles. The molecule has 1 atom stereocenters. The smallest absolute Gasteiger partial charge is 0.229 e. The van der Waals surface area contributed by atoms with Crippen molar-refractivity contribution in [3.63, 3.8) is 0 Å². The SMILES string of the molecule is CCC(c1ccccc1)N(C)C(=O)C1CN(c2c3c(nc4ccnn24)CCNCC3)C1. The maximum absolute atomic E-state index is 13.3. The molecule has 2 aliphatic rings. The number of amides is 1. The van der Waals surface area contributed by atoms with Gasteiger partial charge in [-0.05, 0) is 24.9 Å². The zero-order chi connectivity index (χ0) is 21.4. The topological polar surface area (TPSA) is 65.8 Å². The summed E-state index contributed by atoms with van der Waals surface area (Å²) in [5.74, 6) is 1.36. The minimum Gasteiger partial charge on any atom is -0.354 e. The molecule has 0 radical (unpaired) electrons. The Hall–Kier alpha value is -2.93. The van der Waals surface area contributed by atoms with Crippen molar-refractivity contribution in [3.8, 4) is 0 Å². The van der Waals surface area contributed by atoms with Crippen LogP contribution in [0.2, 0.25) is 0 Å². The molecule has 7 nitrogen and oxygen atoms in total. The van der Waals surface area contributed by atoms with Gasteiger partial charge in [0.1, 0.15) is 5.82 Å². The number of aromatic nitrogens is 3. The number of nitrogens with zero attached hydrogens (tertiary/aromatic N) is 5. The molecular weight excluding hydrogens is 388 g/mol. The number of anilines is 1. The first kappa shape index (κ1) is 20.0. The van der Waals surface area contributed by atoms with Crippen LogP contribution in [-0.4, -0.2) is 58.6 Å². The Balaban J connectivity index is 1.36. The Bertz CT molecular complexity index is 1070. The van der Waals surface area contributed by atoms with Crippen molar-refractivity contribution in [1.29, 1.82) is 0 Å². The number of nitrogens with one attached hydrogen (secondary N) is 1. The average Bonchev–Trinajstić information content (AvgIpc) is 3.10. The highest BCUT2D eigenvalue weighted by Crippen LogP contribution is 2.33. The molecule has 31 heavy (non-hydrogen) atoms. The van der Waals surface area contributed by atoms with Crippen LogP contribution >= 0.6 is 0 Å². The molecule has 1 fully saturated rings. The third-order valence-electron chi connectivity index (χ3n) is 6.70. The molecule has 0 saturated carbocycles. The van der Waals surface area contributed by atoms with Gasteiger partial charge in [-0.1, -0.05) is 37.3 Å². The Morgan fingerprint density at radius 1 is 1.19 bits per heavy atom. The summed E-state index contributed by atoms with van der Waals surface area (Å²) in [6, 6.07) is 12.4. The van der Waals surface area contributed by atoms with Crippen molar-refractivity contribution >= 4 is 17.4 Å². The van der Waals surface area contributed by atoms with Gasteiger partial charge in [0.15, 0.2) is 5.65 Å². The number of benzene rings is 1. The van der Waals surface area contributed by atoms with Crippen molar-refractivity contribution < 1.29 is 4.79 Å². The van der Waals surface area contributed by atoms with E-state index in [0.29, 0.717) is 0 Å². The normalized spacial score (nSPS) is 17.7. The largest absolute Gasteiger partial charge is 0.354 e. The standard InChI is InChI=1S/C24H30N6O/c1-3-21(17-7-5-4-6-8-17)28(2)24(31)18-15-29(16-18)23-19-9-12-25-13-10-20(19)27-22-11-14-26-30(22)23/h4-8,11,14,18,21,25H,3,9-10,12-13,15-16H2,1-2H3. The second-order valence-electron chi connectivity index (χ2n) is 8.60. The van der Waals surface area contributed by atoms with Crippen LogP contribution in [0.3, 0.4) is 0 Å². The van der Waals surface area contributed by atoms with E-state index >= 15 is 0 Å². The zero-order valence-electron chi connectivity index (χ0n) is 18.3. The van der Waals surface area contributed by atoms with Crippen LogP contribution in [0, 0.1) is 5.92 Å². The van der Waals surface area contributed by atoms with E-state index in [1.54, 1.807) is 0 Å². The molecule has 1 unspecified atom stereocenters. The highest BCUT2D eigenvalue weighted by molar-refractivity contribution is 5.82. The lowest BCUT2D eigenvalue weighted by atomic mass is 9.94. The number of hydrogen-bond donors (Lipinski definition) is 1. The van der Waals surface area contributed by atoms with Crippen LogP contribution in [0.1, 0.15) is 36.2 Å². The molecule has 0 spiro atoms. The van der Waals surface area contributed by atoms with Gasteiger partial charge in [-0.3, -0.25) is 4.79 Å². The molecule has 1 N–H and O–H groups in total. The van der Waals surface area contributed by atoms with Crippen LogP contribution in [-0.2, 0) is 17.6 Å². The summed E-state index contributed by atoms with van der Waals surface area (Å²) in [5.41, 5.74) is 4.52. The Labute approximate surface area is 183 Å². The maximum atomic E-state index is 13.3. The number of hydrogen-bond acceptors (Lipinski definition) is 5.